The molecule has 6 heteroatoms. The van der Waals surface area contributed by atoms with Gasteiger partial charge in [-0.3, -0.25) is 9.59 Å². The summed E-state index contributed by atoms with van der Waals surface area (Å²) in [7, 11) is 0. The predicted octanol–water partition coefficient (Wildman–Crippen LogP) is 1.22. The first-order valence-electron chi connectivity index (χ1n) is 8.85. The number of hydrogen-bond acceptors (Lipinski definition) is 4. The Hall–Kier alpha value is -2.08. The molecule has 138 valence electrons. The fraction of sp³-hybridized carbons (Fsp3) is 0.579. The number of piperidine rings is 1. The second kappa shape index (κ2) is 9.42. The summed E-state index contributed by atoms with van der Waals surface area (Å²) < 4.78 is 5.59. The van der Waals surface area contributed by atoms with Gasteiger partial charge in [0.25, 0.3) is 5.91 Å². The topological polar surface area (TPSA) is 78.9 Å². The third-order valence-corrected chi connectivity index (χ3v) is 4.31. The molecule has 2 N–H and O–H groups in total. The number of ether oxygens (including phenoxy) is 1. The average Bonchev–Trinajstić information content (AvgIpc) is 2.58. The van der Waals surface area contributed by atoms with Gasteiger partial charge in [-0.1, -0.05) is 26.0 Å². The molecule has 1 fully saturated rings. The van der Waals surface area contributed by atoms with Crippen LogP contribution in [0.25, 0.3) is 0 Å². The molecular weight excluding hydrogens is 320 g/mol. The fourth-order valence-electron chi connectivity index (χ4n) is 3.25. The van der Waals surface area contributed by atoms with Crippen molar-refractivity contribution in [1.29, 1.82) is 0 Å². The number of aliphatic hydroxyl groups is 1. The largest absolute Gasteiger partial charge is 0.484 e. The van der Waals surface area contributed by atoms with Crippen LogP contribution in [-0.2, 0) is 16.0 Å². The normalized spacial score (nSPS) is 20.2. The van der Waals surface area contributed by atoms with Crippen LogP contribution in [0.5, 0.6) is 5.75 Å². The van der Waals surface area contributed by atoms with Crippen LogP contribution in [0.15, 0.2) is 24.3 Å². The summed E-state index contributed by atoms with van der Waals surface area (Å²) in [5.41, 5.74) is 0.854. The SMILES string of the molecule is CC1CC(C)CN(C(=O)COc2ccc(CC(=O)NCCO)cc2)C1. The molecule has 1 heterocycles. The van der Waals surface area contributed by atoms with Gasteiger partial charge in [0.15, 0.2) is 6.61 Å². The third-order valence-electron chi connectivity index (χ3n) is 4.31. The van der Waals surface area contributed by atoms with E-state index in [0.29, 0.717) is 17.6 Å². The van der Waals surface area contributed by atoms with Gasteiger partial charge in [-0.15, -0.1) is 0 Å². The van der Waals surface area contributed by atoms with E-state index in [1.54, 1.807) is 12.1 Å². The van der Waals surface area contributed by atoms with Crippen molar-refractivity contribution in [1.82, 2.24) is 10.2 Å². The highest BCUT2D eigenvalue weighted by Crippen LogP contribution is 2.21. The summed E-state index contributed by atoms with van der Waals surface area (Å²) in [5.74, 6) is 1.57. The lowest BCUT2D eigenvalue weighted by Gasteiger charge is -2.34. The Bertz CT molecular complexity index is 563. The minimum Gasteiger partial charge on any atom is -0.484 e. The van der Waals surface area contributed by atoms with Crippen molar-refractivity contribution in [3.63, 3.8) is 0 Å². The van der Waals surface area contributed by atoms with E-state index in [-0.39, 0.29) is 38.0 Å². The van der Waals surface area contributed by atoms with E-state index in [1.807, 2.05) is 17.0 Å². The van der Waals surface area contributed by atoms with Crippen molar-refractivity contribution in [2.75, 3.05) is 32.8 Å². The highest BCUT2D eigenvalue weighted by Gasteiger charge is 2.25. The van der Waals surface area contributed by atoms with Crippen LogP contribution in [-0.4, -0.2) is 54.7 Å². The molecule has 2 unspecified atom stereocenters. The first-order valence-corrected chi connectivity index (χ1v) is 8.85. The number of carbonyl (C=O) groups is 2. The molecule has 0 aliphatic carbocycles. The van der Waals surface area contributed by atoms with E-state index in [9.17, 15) is 9.59 Å². The minimum atomic E-state index is -0.133. The van der Waals surface area contributed by atoms with Gasteiger partial charge < -0.3 is 20.1 Å². The van der Waals surface area contributed by atoms with Crippen LogP contribution in [0.4, 0.5) is 0 Å². The smallest absolute Gasteiger partial charge is 0.260 e. The molecule has 2 rings (SSSR count). The Morgan fingerprint density at radius 1 is 1.20 bits per heavy atom. The number of aliphatic hydroxyl groups excluding tert-OH is 1. The van der Waals surface area contributed by atoms with Crippen molar-refractivity contribution >= 4 is 11.8 Å². The summed E-state index contributed by atoms with van der Waals surface area (Å²) >= 11 is 0. The monoisotopic (exact) mass is 348 g/mol. The number of rotatable bonds is 7. The highest BCUT2D eigenvalue weighted by molar-refractivity contribution is 5.79. The number of likely N-dealkylation sites (tertiary alicyclic amines) is 1. The molecule has 1 aromatic carbocycles. The van der Waals surface area contributed by atoms with Crippen LogP contribution in [0.1, 0.15) is 25.8 Å². The van der Waals surface area contributed by atoms with E-state index in [4.69, 9.17) is 9.84 Å². The molecule has 25 heavy (non-hydrogen) atoms. The predicted molar refractivity (Wildman–Crippen MR) is 95.3 cm³/mol. The number of nitrogens with one attached hydrogen (secondary N) is 1. The van der Waals surface area contributed by atoms with Crippen molar-refractivity contribution in [2.45, 2.75) is 26.7 Å². The first-order chi connectivity index (χ1) is 12.0. The standard InChI is InChI=1S/C19H28N2O4/c1-14-9-15(2)12-21(11-14)19(24)13-25-17-5-3-16(4-6-17)10-18(23)20-7-8-22/h3-6,14-15,22H,7-13H2,1-2H3,(H,20,23). The van der Waals surface area contributed by atoms with Gasteiger partial charge in [0.05, 0.1) is 13.0 Å². The first kappa shape index (κ1) is 19.2. The molecule has 0 saturated carbocycles. The summed E-state index contributed by atoms with van der Waals surface area (Å²) in [6.45, 7) is 6.17. The average molecular weight is 348 g/mol. The van der Waals surface area contributed by atoms with Crippen LogP contribution >= 0.6 is 0 Å². The van der Waals surface area contributed by atoms with Crippen LogP contribution in [0.2, 0.25) is 0 Å². The fourth-order valence-corrected chi connectivity index (χ4v) is 3.25. The Morgan fingerprint density at radius 3 is 2.44 bits per heavy atom. The molecule has 2 amide bonds. The molecule has 6 nitrogen and oxygen atoms in total. The van der Waals surface area contributed by atoms with Gasteiger partial charge in [-0.05, 0) is 36.0 Å². The summed E-state index contributed by atoms with van der Waals surface area (Å²) in [5, 5.41) is 11.3. The number of carbonyl (C=O) groups excluding carboxylic acids is 2. The van der Waals surface area contributed by atoms with Gasteiger partial charge >= 0.3 is 0 Å². The maximum Gasteiger partial charge on any atom is 0.260 e. The molecule has 0 spiro atoms. The molecule has 1 aliphatic heterocycles. The lowest BCUT2D eigenvalue weighted by atomic mass is 9.92. The van der Waals surface area contributed by atoms with Crippen LogP contribution in [0.3, 0.4) is 0 Å². The van der Waals surface area contributed by atoms with E-state index in [2.05, 4.69) is 19.2 Å². The summed E-state index contributed by atoms with van der Waals surface area (Å²) in [6.07, 6.45) is 1.42. The zero-order valence-corrected chi connectivity index (χ0v) is 15.0. The van der Waals surface area contributed by atoms with Crippen molar-refractivity contribution in [2.24, 2.45) is 11.8 Å². The van der Waals surface area contributed by atoms with Crippen molar-refractivity contribution in [3.05, 3.63) is 29.8 Å². The molecule has 1 aliphatic rings. The number of nitrogens with zero attached hydrogens (tertiary/aromatic N) is 1. The molecule has 0 bridgehead atoms. The lowest BCUT2D eigenvalue weighted by molar-refractivity contribution is -0.136. The van der Waals surface area contributed by atoms with Crippen LogP contribution in [0, 0.1) is 11.8 Å². The number of amides is 2. The quantitative estimate of drug-likeness (QED) is 0.777. The zero-order valence-electron chi connectivity index (χ0n) is 15.0. The molecule has 0 radical (unpaired) electrons. The lowest BCUT2D eigenvalue weighted by Crippen LogP contribution is -2.44. The number of hydrogen-bond donors (Lipinski definition) is 2. The summed E-state index contributed by atoms with van der Waals surface area (Å²) in [4.78, 5) is 25.8. The summed E-state index contributed by atoms with van der Waals surface area (Å²) in [6, 6.07) is 7.15. The Morgan fingerprint density at radius 2 is 1.84 bits per heavy atom. The van der Waals surface area contributed by atoms with Gasteiger partial charge in [0, 0.05) is 19.6 Å². The number of benzene rings is 1. The van der Waals surface area contributed by atoms with E-state index >= 15 is 0 Å². The van der Waals surface area contributed by atoms with Gasteiger partial charge in [0.1, 0.15) is 5.75 Å². The maximum absolute atomic E-state index is 12.3. The highest BCUT2D eigenvalue weighted by atomic mass is 16.5. The van der Waals surface area contributed by atoms with E-state index in [0.717, 1.165) is 25.1 Å². The van der Waals surface area contributed by atoms with E-state index < -0.39 is 0 Å². The maximum atomic E-state index is 12.3. The molecule has 1 saturated heterocycles. The molecule has 1 aromatic rings. The van der Waals surface area contributed by atoms with Gasteiger partial charge in [0.2, 0.25) is 5.91 Å². The van der Waals surface area contributed by atoms with Crippen molar-refractivity contribution in [3.8, 4) is 5.75 Å². The molecule has 2 atom stereocenters. The molecular formula is C19H28N2O4. The third kappa shape index (κ3) is 6.38. The van der Waals surface area contributed by atoms with E-state index in [1.165, 1.54) is 0 Å². The second-order valence-corrected chi connectivity index (χ2v) is 6.93. The van der Waals surface area contributed by atoms with Gasteiger partial charge in [-0.25, -0.2) is 0 Å². The van der Waals surface area contributed by atoms with Gasteiger partial charge in [-0.2, -0.15) is 0 Å². The second-order valence-electron chi connectivity index (χ2n) is 6.93. The Labute approximate surface area is 149 Å². The van der Waals surface area contributed by atoms with Crippen LogP contribution < -0.4 is 10.1 Å². The minimum absolute atomic E-state index is 0.0193. The zero-order chi connectivity index (χ0) is 18.2. The van der Waals surface area contributed by atoms with Crippen molar-refractivity contribution < 1.29 is 19.4 Å². The molecule has 0 aromatic heterocycles. The Kier molecular flexibility index (Phi) is 7.25. The Balaban J connectivity index is 1.79.